The Morgan fingerprint density at radius 3 is 2.08 bits per heavy atom. The van der Waals surface area contributed by atoms with Gasteiger partial charge in [-0.2, -0.15) is 0 Å². The first-order valence-corrected chi connectivity index (χ1v) is 8.69. The number of esters is 1. The number of nitrogens with one attached hydrogen (secondary N) is 1. The normalized spacial score (nSPS) is 11.4. The zero-order valence-electron chi connectivity index (χ0n) is 13.8. The Morgan fingerprint density at radius 2 is 1.56 bits per heavy atom. The van der Waals surface area contributed by atoms with Gasteiger partial charge in [0.1, 0.15) is 0 Å². The van der Waals surface area contributed by atoms with Gasteiger partial charge in [0.15, 0.2) is 6.10 Å². The van der Waals surface area contributed by atoms with Crippen LogP contribution in [0.25, 0.3) is 0 Å². The highest BCUT2D eigenvalue weighted by molar-refractivity contribution is 7.98. The van der Waals surface area contributed by atoms with Crippen LogP contribution in [0.2, 0.25) is 0 Å². The fourth-order valence-electron chi connectivity index (χ4n) is 1.97. The average Bonchev–Trinajstić information content (AvgIpc) is 2.62. The molecule has 0 aliphatic rings. The first-order chi connectivity index (χ1) is 11.9. The second-order valence-corrected chi connectivity index (χ2v) is 6.09. The van der Waals surface area contributed by atoms with Crippen LogP contribution in [0, 0.1) is 0 Å². The van der Waals surface area contributed by atoms with Crippen LogP contribution in [-0.2, 0) is 9.53 Å². The van der Waals surface area contributed by atoms with Gasteiger partial charge in [-0.15, -0.1) is 11.8 Å². The molecule has 2 amide bonds. The van der Waals surface area contributed by atoms with Crippen molar-refractivity contribution in [3.8, 4) is 0 Å². The summed E-state index contributed by atoms with van der Waals surface area (Å²) in [6.45, 7) is 1.49. The number of nitrogens with two attached hydrogens (primary N) is 1. The lowest BCUT2D eigenvalue weighted by Crippen LogP contribution is -2.30. The highest BCUT2D eigenvalue weighted by atomic mass is 32.2. The molecule has 0 aromatic heterocycles. The molecule has 6 nitrogen and oxygen atoms in total. The lowest BCUT2D eigenvalue weighted by Gasteiger charge is -2.14. The number of thioether (sulfide) groups is 1. The summed E-state index contributed by atoms with van der Waals surface area (Å²) in [6.07, 6.45) is 0.971. The number of carbonyl (C=O) groups excluding carboxylic acids is 3. The molecule has 130 valence electrons. The second-order valence-electron chi connectivity index (χ2n) is 5.21. The van der Waals surface area contributed by atoms with Crippen LogP contribution in [0.15, 0.2) is 53.4 Å². The fraction of sp³-hybridized carbons (Fsp3) is 0.167. The van der Waals surface area contributed by atoms with E-state index in [2.05, 4.69) is 5.32 Å². The number of rotatable bonds is 6. The van der Waals surface area contributed by atoms with E-state index in [4.69, 9.17) is 10.5 Å². The third-order valence-electron chi connectivity index (χ3n) is 3.42. The lowest BCUT2D eigenvalue weighted by atomic mass is 10.2. The van der Waals surface area contributed by atoms with Crippen molar-refractivity contribution in [2.75, 3.05) is 11.6 Å². The summed E-state index contributed by atoms with van der Waals surface area (Å²) in [6, 6.07) is 13.0. The number of ether oxygens (including phenoxy) is 1. The molecule has 2 rings (SSSR count). The van der Waals surface area contributed by atoms with Gasteiger partial charge in [-0.1, -0.05) is 0 Å². The van der Waals surface area contributed by atoms with Gasteiger partial charge >= 0.3 is 5.97 Å². The minimum Gasteiger partial charge on any atom is -0.449 e. The maximum Gasteiger partial charge on any atom is 0.338 e. The van der Waals surface area contributed by atoms with Crippen molar-refractivity contribution >= 4 is 35.2 Å². The molecular formula is C18H18N2O4S. The molecule has 0 saturated carbocycles. The van der Waals surface area contributed by atoms with E-state index in [1.54, 1.807) is 36.0 Å². The van der Waals surface area contributed by atoms with Crippen LogP contribution in [0.5, 0.6) is 0 Å². The minimum absolute atomic E-state index is 0.339. The standard InChI is InChI=1S/C18H18N2O4S/c1-11(24-18(23)13-5-9-15(25-2)10-6-13)17(22)20-14-7-3-12(4-8-14)16(19)21/h3-11H,1-2H3,(H2,19,21)(H,20,22)/t11-/m1/s1. The number of hydrogen-bond donors (Lipinski definition) is 2. The van der Waals surface area contributed by atoms with Gasteiger partial charge in [-0.3, -0.25) is 9.59 Å². The van der Waals surface area contributed by atoms with Crippen LogP contribution in [-0.4, -0.2) is 30.1 Å². The van der Waals surface area contributed by atoms with Crippen molar-refractivity contribution in [2.24, 2.45) is 5.73 Å². The van der Waals surface area contributed by atoms with Gasteiger partial charge in [-0.05, 0) is 61.7 Å². The van der Waals surface area contributed by atoms with Crippen molar-refractivity contribution in [1.29, 1.82) is 0 Å². The Bertz CT molecular complexity index is 773. The molecule has 1 atom stereocenters. The first kappa shape index (κ1) is 18.5. The van der Waals surface area contributed by atoms with Crippen LogP contribution in [0.1, 0.15) is 27.6 Å². The van der Waals surface area contributed by atoms with Gasteiger partial charge < -0.3 is 15.8 Å². The van der Waals surface area contributed by atoms with Gasteiger partial charge in [-0.25, -0.2) is 4.79 Å². The molecule has 0 spiro atoms. The average molecular weight is 358 g/mol. The van der Waals surface area contributed by atoms with Gasteiger partial charge in [0, 0.05) is 16.1 Å². The molecule has 0 saturated heterocycles. The summed E-state index contributed by atoms with van der Waals surface area (Å²) in [5.74, 6) is -1.59. The topological polar surface area (TPSA) is 98.5 Å². The number of anilines is 1. The molecule has 0 unspecified atom stereocenters. The number of amides is 2. The van der Waals surface area contributed by atoms with E-state index < -0.39 is 23.9 Å². The predicted octanol–water partition coefficient (Wildman–Crippen LogP) is 2.69. The molecular weight excluding hydrogens is 340 g/mol. The maximum atomic E-state index is 12.1. The molecule has 2 aromatic rings. The molecule has 0 aliphatic heterocycles. The Morgan fingerprint density at radius 1 is 1.00 bits per heavy atom. The van der Waals surface area contributed by atoms with E-state index in [1.807, 2.05) is 18.4 Å². The van der Waals surface area contributed by atoms with Crippen molar-refractivity contribution in [3.05, 3.63) is 59.7 Å². The Kier molecular flexibility index (Phi) is 6.19. The number of hydrogen-bond acceptors (Lipinski definition) is 5. The monoisotopic (exact) mass is 358 g/mol. The highest BCUT2D eigenvalue weighted by Gasteiger charge is 2.19. The molecule has 0 radical (unpaired) electrons. The minimum atomic E-state index is -0.969. The summed E-state index contributed by atoms with van der Waals surface area (Å²) in [7, 11) is 0. The molecule has 3 N–H and O–H groups in total. The molecule has 0 heterocycles. The van der Waals surface area contributed by atoms with Gasteiger partial charge in [0.2, 0.25) is 5.91 Å². The van der Waals surface area contributed by atoms with Crippen LogP contribution in [0.4, 0.5) is 5.69 Å². The van der Waals surface area contributed by atoms with E-state index in [9.17, 15) is 14.4 Å². The van der Waals surface area contributed by atoms with Crippen molar-refractivity contribution in [1.82, 2.24) is 0 Å². The predicted molar refractivity (Wildman–Crippen MR) is 96.7 cm³/mol. The van der Waals surface area contributed by atoms with Crippen LogP contribution >= 0.6 is 11.8 Å². The number of carbonyl (C=O) groups is 3. The molecule has 2 aromatic carbocycles. The summed E-state index contributed by atoms with van der Waals surface area (Å²) < 4.78 is 5.17. The van der Waals surface area contributed by atoms with E-state index in [0.29, 0.717) is 16.8 Å². The first-order valence-electron chi connectivity index (χ1n) is 7.46. The Hall–Kier alpha value is -2.80. The summed E-state index contributed by atoms with van der Waals surface area (Å²) in [5, 5.41) is 2.61. The second kappa shape index (κ2) is 8.34. The largest absolute Gasteiger partial charge is 0.449 e. The smallest absolute Gasteiger partial charge is 0.338 e. The van der Waals surface area contributed by atoms with E-state index in [1.165, 1.54) is 19.1 Å². The Balaban J connectivity index is 1.94. The summed E-state index contributed by atoms with van der Waals surface area (Å²) >= 11 is 1.57. The molecule has 0 aliphatic carbocycles. The van der Waals surface area contributed by atoms with E-state index in [0.717, 1.165) is 4.90 Å². The fourth-order valence-corrected chi connectivity index (χ4v) is 2.38. The molecule has 0 bridgehead atoms. The van der Waals surface area contributed by atoms with Crippen molar-refractivity contribution in [2.45, 2.75) is 17.9 Å². The van der Waals surface area contributed by atoms with Crippen molar-refractivity contribution < 1.29 is 19.1 Å². The van der Waals surface area contributed by atoms with Crippen molar-refractivity contribution in [3.63, 3.8) is 0 Å². The quantitative estimate of drug-likeness (QED) is 0.611. The number of benzene rings is 2. The zero-order chi connectivity index (χ0) is 18.4. The third-order valence-corrected chi connectivity index (χ3v) is 4.16. The highest BCUT2D eigenvalue weighted by Crippen LogP contribution is 2.16. The van der Waals surface area contributed by atoms with Gasteiger partial charge in [0.25, 0.3) is 5.91 Å². The summed E-state index contributed by atoms with van der Waals surface area (Å²) in [4.78, 5) is 36.2. The van der Waals surface area contributed by atoms with E-state index >= 15 is 0 Å². The SMILES string of the molecule is CSc1ccc(C(=O)O[C@H](C)C(=O)Nc2ccc(C(N)=O)cc2)cc1. The van der Waals surface area contributed by atoms with Crippen LogP contribution < -0.4 is 11.1 Å². The number of primary amides is 1. The zero-order valence-corrected chi connectivity index (χ0v) is 14.6. The molecule has 7 heteroatoms. The molecule has 0 fully saturated rings. The van der Waals surface area contributed by atoms with Gasteiger partial charge in [0.05, 0.1) is 5.56 Å². The lowest BCUT2D eigenvalue weighted by molar-refractivity contribution is -0.123. The molecule has 25 heavy (non-hydrogen) atoms. The summed E-state index contributed by atoms with van der Waals surface area (Å²) in [5.41, 5.74) is 6.35. The third kappa shape index (κ3) is 5.09. The maximum absolute atomic E-state index is 12.1. The van der Waals surface area contributed by atoms with Crippen LogP contribution in [0.3, 0.4) is 0 Å². The Labute approximate surface area is 149 Å². The van der Waals surface area contributed by atoms with E-state index in [-0.39, 0.29) is 0 Å².